The standard InChI is InChI=1S/C13H20ClN3/c1-9(2)10-3-5-17(6-4-10)13-12(15)7-11(14)8-16-13/h7-10H,3-6,15H2,1-2H3. The highest BCUT2D eigenvalue weighted by atomic mass is 35.5. The molecule has 3 nitrogen and oxygen atoms in total. The van der Waals surface area contributed by atoms with Gasteiger partial charge in [0.2, 0.25) is 0 Å². The Morgan fingerprint density at radius 1 is 1.41 bits per heavy atom. The fourth-order valence-corrected chi connectivity index (χ4v) is 2.66. The Labute approximate surface area is 108 Å². The van der Waals surface area contributed by atoms with Crippen molar-refractivity contribution < 1.29 is 0 Å². The first-order valence-corrected chi connectivity index (χ1v) is 6.61. The minimum atomic E-state index is 0.600. The Morgan fingerprint density at radius 2 is 2.06 bits per heavy atom. The molecule has 2 N–H and O–H groups in total. The van der Waals surface area contributed by atoms with Gasteiger partial charge in [-0.05, 0) is 30.7 Å². The van der Waals surface area contributed by atoms with Gasteiger partial charge in [-0.2, -0.15) is 0 Å². The summed E-state index contributed by atoms with van der Waals surface area (Å²) in [6, 6.07) is 1.78. The SMILES string of the molecule is CC(C)C1CCN(c2ncc(Cl)cc2N)CC1. The lowest BCUT2D eigenvalue weighted by Crippen LogP contribution is -2.36. The molecule has 0 radical (unpaired) electrons. The Balaban J connectivity index is 2.05. The zero-order valence-electron chi connectivity index (χ0n) is 10.5. The fraction of sp³-hybridized carbons (Fsp3) is 0.615. The molecule has 4 heteroatoms. The molecule has 2 rings (SSSR count). The first-order chi connectivity index (χ1) is 8.08. The van der Waals surface area contributed by atoms with E-state index in [1.807, 2.05) is 0 Å². The number of rotatable bonds is 2. The van der Waals surface area contributed by atoms with Crippen molar-refractivity contribution >= 4 is 23.1 Å². The molecule has 94 valence electrons. The lowest BCUT2D eigenvalue weighted by Gasteiger charge is -2.35. The summed E-state index contributed by atoms with van der Waals surface area (Å²) in [6.45, 7) is 6.69. The molecule has 1 saturated heterocycles. The lowest BCUT2D eigenvalue weighted by molar-refractivity contribution is 0.311. The van der Waals surface area contributed by atoms with Gasteiger partial charge >= 0.3 is 0 Å². The number of anilines is 2. The molecular weight excluding hydrogens is 234 g/mol. The van der Waals surface area contributed by atoms with Crippen LogP contribution < -0.4 is 10.6 Å². The Kier molecular flexibility index (Phi) is 3.77. The van der Waals surface area contributed by atoms with Gasteiger partial charge in [0.15, 0.2) is 5.82 Å². The van der Waals surface area contributed by atoms with Crippen molar-refractivity contribution in [3.05, 3.63) is 17.3 Å². The molecule has 2 heterocycles. The molecule has 1 aromatic heterocycles. The zero-order valence-corrected chi connectivity index (χ0v) is 11.2. The first-order valence-electron chi connectivity index (χ1n) is 6.24. The molecule has 0 saturated carbocycles. The van der Waals surface area contributed by atoms with Crippen molar-refractivity contribution in [3.8, 4) is 0 Å². The van der Waals surface area contributed by atoms with Crippen molar-refractivity contribution in [2.45, 2.75) is 26.7 Å². The number of nitrogens with zero attached hydrogens (tertiary/aromatic N) is 2. The van der Waals surface area contributed by atoms with Gasteiger partial charge < -0.3 is 10.6 Å². The largest absolute Gasteiger partial charge is 0.396 e. The van der Waals surface area contributed by atoms with Crippen LogP contribution in [0.15, 0.2) is 12.3 Å². The van der Waals surface area contributed by atoms with Crippen molar-refractivity contribution in [1.29, 1.82) is 0 Å². The van der Waals surface area contributed by atoms with Crippen LogP contribution in [-0.2, 0) is 0 Å². The third-order valence-corrected chi connectivity index (χ3v) is 3.85. The maximum absolute atomic E-state index is 5.96. The van der Waals surface area contributed by atoms with Crippen LogP contribution in [0.4, 0.5) is 11.5 Å². The first kappa shape index (κ1) is 12.5. The van der Waals surface area contributed by atoms with Gasteiger partial charge in [0, 0.05) is 19.3 Å². The maximum atomic E-state index is 5.96. The number of piperidine rings is 1. The fourth-order valence-electron chi connectivity index (χ4n) is 2.49. The van der Waals surface area contributed by atoms with E-state index in [1.165, 1.54) is 12.8 Å². The average molecular weight is 254 g/mol. The predicted octanol–water partition coefficient (Wildman–Crippen LogP) is 3.19. The van der Waals surface area contributed by atoms with Crippen LogP contribution in [-0.4, -0.2) is 18.1 Å². The molecular formula is C13H20ClN3. The predicted molar refractivity (Wildman–Crippen MR) is 73.4 cm³/mol. The average Bonchev–Trinajstić information content (AvgIpc) is 2.29. The van der Waals surface area contributed by atoms with E-state index in [-0.39, 0.29) is 0 Å². The molecule has 0 atom stereocenters. The molecule has 17 heavy (non-hydrogen) atoms. The molecule has 0 bridgehead atoms. The number of halogens is 1. The molecule has 0 aromatic carbocycles. The summed E-state index contributed by atoms with van der Waals surface area (Å²) in [5, 5.41) is 0.600. The molecule has 0 spiro atoms. The van der Waals surface area contributed by atoms with Gasteiger partial charge in [0.1, 0.15) is 0 Å². The summed E-state index contributed by atoms with van der Waals surface area (Å²) in [7, 11) is 0. The van der Waals surface area contributed by atoms with Crippen LogP contribution in [0.3, 0.4) is 0 Å². The van der Waals surface area contributed by atoms with Crippen LogP contribution in [0.5, 0.6) is 0 Å². The van der Waals surface area contributed by atoms with E-state index in [9.17, 15) is 0 Å². The van der Waals surface area contributed by atoms with Gasteiger partial charge in [0.05, 0.1) is 10.7 Å². The van der Waals surface area contributed by atoms with Crippen LogP contribution in [0.1, 0.15) is 26.7 Å². The van der Waals surface area contributed by atoms with Crippen molar-refractivity contribution in [3.63, 3.8) is 0 Å². The zero-order chi connectivity index (χ0) is 12.4. The van der Waals surface area contributed by atoms with E-state index in [0.29, 0.717) is 10.7 Å². The number of hydrogen-bond donors (Lipinski definition) is 1. The third-order valence-electron chi connectivity index (χ3n) is 3.64. The number of pyridine rings is 1. The van der Waals surface area contributed by atoms with Gasteiger partial charge in [-0.1, -0.05) is 25.4 Å². The van der Waals surface area contributed by atoms with Gasteiger partial charge in [0.25, 0.3) is 0 Å². The number of aromatic nitrogens is 1. The summed E-state index contributed by atoms with van der Waals surface area (Å²) in [5.74, 6) is 2.49. The molecule has 1 aliphatic heterocycles. The summed E-state index contributed by atoms with van der Waals surface area (Å²) < 4.78 is 0. The van der Waals surface area contributed by atoms with Gasteiger partial charge in [-0.15, -0.1) is 0 Å². The third kappa shape index (κ3) is 2.83. The highest BCUT2D eigenvalue weighted by Crippen LogP contribution is 2.30. The monoisotopic (exact) mass is 253 g/mol. The van der Waals surface area contributed by atoms with E-state index < -0.39 is 0 Å². The van der Waals surface area contributed by atoms with Crippen molar-refractivity contribution in [2.24, 2.45) is 11.8 Å². The highest BCUT2D eigenvalue weighted by molar-refractivity contribution is 6.30. The van der Waals surface area contributed by atoms with Crippen LogP contribution >= 0.6 is 11.6 Å². The summed E-state index contributed by atoms with van der Waals surface area (Å²) in [5.41, 5.74) is 6.64. The molecule has 1 fully saturated rings. The van der Waals surface area contributed by atoms with Crippen molar-refractivity contribution in [1.82, 2.24) is 4.98 Å². The molecule has 1 aromatic rings. The van der Waals surface area contributed by atoms with Gasteiger partial charge in [-0.25, -0.2) is 4.98 Å². The number of nitrogens with two attached hydrogens (primary N) is 1. The molecule has 1 aliphatic rings. The van der Waals surface area contributed by atoms with E-state index in [2.05, 4.69) is 23.7 Å². The van der Waals surface area contributed by atoms with E-state index in [0.717, 1.165) is 30.7 Å². The minimum absolute atomic E-state index is 0.600. The second-order valence-electron chi connectivity index (χ2n) is 5.13. The summed E-state index contributed by atoms with van der Waals surface area (Å²) >= 11 is 5.86. The number of hydrogen-bond acceptors (Lipinski definition) is 3. The summed E-state index contributed by atoms with van der Waals surface area (Å²) in [4.78, 5) is 6.61. The molecule has 0 amide bonds. The normalized spacial score (nSPS) is 17.8. The van der Waals surface area contributed by atoms with Crippen LogP contribution in [0.2, 0.25) is 5.02 Å². The van der Waals surface area contributed by atoms with E-state index in [4.69, 9.17) is 17.3 Å². The van der Waals surface area contributed by atoms with Crippen LogP contribution in [0, 0.1) is 11.8 Å². The summed E-state index contributed by atoms with van der Waals surface area (Å²) in [6.07, 6.45) is 4.12. The lowest BCUT2D eigenvalue weighted by atomic mass is 9.87. The quantitative estimate of drug-likeness (QED) is 0.880. The maximum Gasteiger partial charge on any atom is 0.151 e. The van der Waals surface area contributed by atoms with Crippen LogP contribution in [0.25, 0.3) is 0 Å². The minimum Gasteiger partial charge on any atom is -0.396 e. The van der Waals surface area contributed by atoms with E-state index >= 15 is 0 Å². The van der Waals surface area contributed by atoms with Gasteiger partial charge in [-0.3, -0.25) is 0 Å². The Bertz CT molecular complexity index is 384. The second kappa shape index (κ2) is 5.13. The Morgan fingerprint density at radius 3 is 2.59 bits per heavy atom. The topological polar surface area (TPSA) is 42.2 Å². The van der Waals surface area contributed by atoms with E-state index in [1.54, 1.807) is 12.3 Å². The smallest absolute Gasteiger partial charge is 0.151 e. The molecule has 0 unspecified atom stereocenters. The molecule has 0 aliphatic carbocycles. The van der Waals surface area contributed by atoms with Crippen molar-refractivity contribution in [2.75, 3.05) is 23.7 Å². The number of nitrogen functional groups attached to an aromatic ring is 1. The Hall–Kier alpha value is -0.960. The highest BCUT2D eigenvalue weighted by Gasteiger charge is 2.23. The second-order valence-corrected chi connectivity index (χ2v) is 5.57.